The highest BCUT2D eigenvalue weighted by molar-refractivity contribution is 7.89. The van der Waals surface area contributed by atoms with E-state index in [1.807, 2.05) is 39.1 Å². The lowest BCUT2D eigenvalue weighted by atomic mass is 9.98. The Morgan fingerprint density at radius 1 is 0.917 bits per heavy atom. The highest BCUT2D eigenvalue weighted by atomic mass is 32.2. The molecule has 2 N–H and O–H groups in total. The van der Waals surface area contributed by atoms with E-state index in [1.54, 1.807) is 36.4 Å². The van der Waals surface area contributed by atoms with Crippen molar-refractivity contribution in [3.8, 4) is 16.9 Å². The van der Waals surface area contributed by atoms with Crippen LogP contribution in [0.25, 0.3) is 22.2 Å². The van der Waals surface area contributed by atoms with Crippen molar-refractivity contribution in [2.24, 2.45) is 0 Å². The smallest absolute Gasteiger partial charge is 0.247 e. The minimum absolute atomic E-state index is 0.203. The fourth-order valence-electron chi connectivity index (χ4n) is 4.38. The molecule has 5 rings (SSSR count). The number of nitrogens with zero attached hydrogens (tertiary/aromatic N) is 5. The quantitative estimate of drug-likeness (QED) is 0.423. The zero-order valence-electron chi connectivity index (χ0n) is 20.4. The number of piperazine rings is 1. The largest absolute Gasteiger partial charge is 0.508 e. The Hall–Kier alpha value is -3.60. The lowest BCUT2D eigenvalue weighted by Crippen LogP contribution is -2.47. The number of aryl methyl sites for hydroxylation is 2. The molecule has 1 fully saturated rings. The predicted molar refractivity (Wildman–Crippen MR) is 140 cm³/mol. The zero-order valence-corrected chi connectivity index (χ0v) is 21.2. The van der Waals surface area contributed by atoms with E-state index in [9.17, 15) is 13.5 Å². The number of phenolic OH excluding ortho intramolecular Hbond substituents is 1. The van der Waals surface area contributed by atoms with Gasteiger partial charge in [-0.05, 0) is 85.6 Å². The molecule has 9 nitrogen and oxygen atoms in total. The van der Waals surface area contributed by atoms with E-state index < -0.39 is 10.0 Å². The molecule has 0 aliphatic carbocycles. The molecule has 1 aliphatic heterocycles. The van der Waals surface area contributed by atoms with E-state index >= 15 is 0 Å². The number of anilines is 2. The second kappa shape index (κ2) is 9.45. The van der Waals surface area contributed by atoms with Gasteiger partial charge in [-0.3, -0.25) is 0 Å². The molecule has 2 heterocycles. The van der Waals surface area contributed by atoms with Crippen LogP contribution >= 0.6 is 0 Å². The van der Waals surface area contributed by atoms with Gasteiger partial charge in [0, 0.05) is 31.9 Å². The van der Waals surface area contributed by atoms with Crippen LogP contribution in [0.5, 0.6) is 5.75 Å². The minimum Gasteiger partial charge on any atom is -0.508 e. The maximum Gasteiger partial charge on any atom is 0.247 e. The Kier molecular flexibility index (Phi) is 6.33. The van der Waals surface area contributed by atoms with Crippen molar-refractivity contribution in [3.63, 3.8) is 0 Å². The van der Waals surface area contributed by atoms with Crippen molar-refractivity contribution in [2.45, 2.75) is 18.7 Å². The predicted octanol–water partition coefficient (Wildman–Crippen LogP) is 3.69. The molecule has 0 atom stereocenters. The van der Waals surface area contributed by atoms with Gasteiger partial charge < -0.3 is 15.3 Å². The number of likely N-dealkylation sites (N-methyl/N-ethyl adjacent to an activating group) is 1. The van der Waals surface area contributed by atoms with Crippen LogP contribution in [0, 0.1) is 13.8 Å². The monoisotopic (exact) mass is 504 g/mol. The molecule has 1 saturated heterocycles. The molecule has 10 heteroatoms. The fourth-order valence-corrected chi connectivity index (χ4v) is 5.85. The number of hydrogen-bond acceptors (Lipinski definition) is 8. The Balaban J connectivity index is 1.42. The van der Waals surface area contributed by atoms with E-state index in [1.165, 1.54) is 4.31 Å². The van der Waals surface area contributed by atoms with Crippen LogP contribution in [0.2, 0.25) is 0 Å². The van der Waals surface area contributed by atoms with E-state index in [0.29, 0.717) is 42.9 Å². The number of sulfonamides is 1. The van der Waals surface area contributed by atoms with Crippen molar-refractivity contribution < 1.29 is 13.5 Å². The highest BCUT2D eigenvalue weighted by Gasteiger charge is 2.27. The number of aromatic nitrogens is 3. The molecule has 0 saturated carbocycles. The summed E-state index contributed by atoms with van der Waals surface area (Å²) in [6, 6.07) is 15.9. The van der Waals surface area contributed by atoms with Gasteiger partial charge >= 0.3 is 0 Å². The van der Waals surface area contributed by atoms with Crippen LogP contribution in [0.1, 0.15) is 11.1 Å². The van der Waals surface area contributed by atoms with Crippen LogP contribution in [-0.4, -0.2) is 71.1 Å². The van der Waals surface area contributed by atoms with E-state index in [2.05, 4.69) is 25.4 Å². The summed E-state index contributed by atoms with van der Waals surface area (Å²) in [5.41, 5.74) is 5.68. The molecule has 0 unspecified atom stereocenters. The van der Waals surface area contributed by atoms with Gasteiger partial charge in [0.05, 0.1) is 10.4 Å². The molecule has 36 heavy (non-hydrogen) atoms. The van der Waals surface area contributed by atoms with Gasteiger partial charge in [0.15, 0.2) is 0 Å². The number of rotatable bonds is 5. The molecule has 0 bridgehead atoms. The Morgan fingerprint density at radius 2 is 1.69 bits per heavy atom. The van der Waals surface area contributed by atoms with Gasteiger partial charge in [-0.2, -0.15) is 4.31 Å². The summed E-state index contributed by atoms with van der Waals surface area (Å²) in [5.74, 6) is 0.481. The lowest BCUT2D eigenvalue weighted by Gasteiger charge is -2.31. The molecule has 3 aromatic carbocycles. The van der Waals surface area contributed by atoms with Gasteiger partial charge in [-0.25, -0.2) is 13.4 Å². The van der Waals surface area contributed by atoms with E-state index in [-0.39, 0.29) is 16.6 Å². The van der Waals surface area contributed by atoms with E-state index in [0.717, 1.165) is 22.3 Å². The fraction of sp³-hybridized carbons (Fsp3) is 0.269. The Morgan fingerprint density at radius 3 is 2.47 bits per heavy atom. The first-order valence-corrected chi connectivity index (χ1v) is 13.2. The number of fused-ring (bicyclic) bond motifs is 1. The molecule has 186 valence electrons. The summed E-state index contributed by atoms with van der Waals surface area (Å²) in [6.07, 6.45) is 0. The average molecular weight is 505 g/mol. The first kappa shape index (κ1) is 24.1. The second-order valence-electron chi connectivity index (χ2n) is 9.16. The Labute approximate surface area is 210 Å². The van der Waals surface area contributed by atoms with Crippen molar-refractivity contribution in [1.82, 2.24) is 24.4 Å². The van der Waals surface area contributed by atoms with Gasteiger partial charge in [0.2, 0.25) is 16.0 Å². The van der Waals surface area contributed by atoms with Crippen molar-refractivity contribution in [1.29, 1.82) is 0 Å². The number of phenols is 1. The van der Waals surface area contributed by atoms with Crippen molar-refractivity contribution >= 4 is 32.7 Å². The Bertz CT molecular complexity index is 1550. The van der Waals surface area contributed by atoms with Crippen LogP contribution in [0.4, 0.5) is 11.6 Å². The molecule has 0 radical (unpaired) electrons. The maximum atomic E-state index is 13.1. The second-order valence-corrected chi connectivity index (χ2v) is 11.1. The third-order valence-electron chi connectivity index (χ3n) is 6.47. The van der Waals surface area contributed by atoms with Crippen molar-refractivity contribution in [2.75, 3.05) is 38.5 Å². The van der Waals surface area contributed by atoms with Gasteiger partial charge in [-0.1, -0.05) is 12.1 Å². The van der Waals surface area contributed by atoms with E-state index in [4.69, 9.17) is 0 Å². The van der Waals surface area contributed by atoms with Crippen LogP contribution in [0.15, 0.2) is 59.5 Å². The van der Waals surface area contributed by atoms with Crippen LogP contribution in [-0.2, 0) is 10.0 Å². The third-order valence-corrected chi connectivity index (χ3v) is 8.37. The summed E-state index contributed by atoms with van der Waals surface area (Å²) in [4.78, 5) is 6.98. The summed E-state index contributed by atoms with van der Waals surface area (Å²) < 4.78 is 27.8. The number of benzene rings is 3. The van der Waals surface area contributed by atoms with Crippen LogP contribution in [0.3, 0.4) is 0 Å². The standard InChI is InChI=1S/C26H28N6O3S/c1-17-7-8-21(33)16-23(17)19-13-18(2)25-24(14-19)29-30-26(28-25)27-20-5-4-6-22(15-20)36(34,35)32-11-9-31(3)10-12-32/h4-8,13-16,33H,9-12H2,1-3H3,(H,27,28,30). The van der Waals surface area contributed by atoms with Gasteiger partial charge in [0.25, 0.3) is 0 Å². The van der Waals surface area contributed by atoms with Crippen LogP contribution < -0.4 is 5.32 Å². The van der Waals surface area contributed by atoms with Gasteiger partial charge in [-0.15, -0.1) is 10.2 Å². The number of nitrogens with one attached hydrogen (secondary N) is 1. The first-order chi connectivity index (χ1) is 17.2. The van der Waals surface area contributed by atoms with Crippen molar-refractivity contribution in [3.05, 3.63) is 65.7 Å². The molecule has 4 aromatic rings. The third kappa shape index (κ3) is 4.75. The normalized spacial score (nSPS) is 15.3. The minimum atomic E-state index is -3.59. The SMILES string of the molecule is Cc1ccc(O)cc1-c1cc(C)c2nc(Nc3cccc(S(=O)(=O)N4CCN(C)CC4)c3)nnc2c1. The topological polar surface area (TPSA) is 112 Å². The molecule has 1 aromatic heterocycles. The molecule has 0 amide bonds. The number of hydrogen-bond donors (Lipinski definition) is 2. The summed E-state index contributed by atoms with van der Waals surface area (Å²) in [5, 5.41) is 21.6. The van der Waals surface area contributed by atoms with Gasteiger partial charge in [0.1, 0.15) is 11.3 Å². The maximum absolute atomic E-state index is 13.1. The summed E-state index contributed by atoms with van der Waals surface area (Å²) in [7, 11) is -1.60. The number of aromatic hydroxyl groups is 1. The summed E-state index contributed by atoms with van der Waals surface area (Å²) >= 11 is 0. The lowest BCUT2D eigenvalue weighted by molar-refractivity contribution is 0.222. The first-order valence-electron chi connectivity index (χ1n) is 11.7. The molecule has 1 aliphatic rings. The molecular weight excluding hydrogens is 476 g/mol. The highest BCUT2D eigenvalue weighted by Crippen LogP contribution is 2.31. The summed E-state index contributed by atoms with van der Waals surface area (Å²) in [6.45, 7) is 6.30. The molecular formula is C26H28N6O3S. The average Bonchev–Trinajstić information content (AvgIpc) is 2.86. The zero-order chi connectivity index (χ0) is 25.4. The molecule has 0 spiro atoms.